The monoisotopic (exact) mass is 192 g/mol. The van der Waals surface area contributed by atoms with E-state index in [1.54, 1.807) is 6.92 Å². The molecule has 0 saturated carbocycles. The van der Waals surface area contributed by atoms with Gasteiger partial charge in [0.1, 0.15) is 5.69 Å². The highest BCUT2D eigenvalue weighted by atomic mass is 19.4. The first-order chi connectivity index (χ1) is 5.96. The van der Waals surface area contributed by atoms with E-state index >= 15 is 0 Å². The molecule has 0 amide bonds. The molecule has 0 aliphatic rings. The molecule has 1 aromatic heterocycles. The summed E-state index contributed by atoms with van der Waals surface area (Å²) in [5.41, 5.74) is -0.421. The van der Waals surface area contributed by atoms with Crippen LogP contribution in [0, 0.1) is 0 Å². The van der Waals surface area contributed by atoms with Crippen molar-refractivity contribution in [3.63, 3.8) is 0 Å². The van der Waals surface area contributed by atoms with Gasteiger partial charge in [-0.05, 0) is 13.0 Å². The molecule has 0 aromatic carbocycles. The molecular formula is C7H7F3N2O. The van der Waals surface area contributed by atoms with Crippen LogP contribution in [-0.4, -0.2) is 21.7 Å². The smallest absolute Gasteiger partial charge is 0.282 e. The number of Topliss-reactive ketones (excluding diaryl/α,β-unsaturated/α-hetero) is 1. The maximum atomic E-state index is 11.9. The second-order valence-electron chi connectivity index (χ2n) is 2.36. The first-order valence-electron chi connectivity index (χ1n) is 3.60. The van der Waals surface area contributed by atoms with Crippen LogP contribution in [0.25, 0.3) is 0 Å². The number of carbonyl (C=O) groups is 1. The standard InChI is InChI=1S/C7H7F3N2O/c1-2-12-5(3-4-11-12)6(13)7(8,9)10/h3-4H,2H2,1H3. The lowest BCUT2D eigenvalue weighted by Gasteiger charge is -2.05. The van der Waals surface area contributed by atoms with Gasteiger partial charge in [-0.2, -0.15) is 18.3 Å². The lowest BCUT2D eigenvalue weighted by atomic mass is 10.3. The Balaban J connectivity index is 3.02. The molecule has 0 unspecified atom stereocenters. The number of aromatic nitrogens is 2. The van der Waals surface area contributed by atoms with Crippen LogP contribution < -0.4 is 0 Å². The number of nitrogens with zero attached hydrogens (tertiary/aromatic N) is 2. The van der Waals surface area contributed by atoms with Crippen molar-refractivity contribution in [3.8, 4) is 0 Å². The summed E-state index contributed by atoms with van der Waals surface area (Å²) in [6.07, 6.45) is -3.66. The van der Waals surface area contributed by atoms with Crippen molar-refractivity contribution in [1.29, 1.82) is 0 Å². The quantitative estimate of drug-likeness (QED) is 0.667. The molecule has 0 atom stereocenters. The van der Waals surface area contributed by atoms with Crippen molar-refractivity contribution >= 4 is 5.78 Å². The van der Waals surface area contributed by atoms with Crippen molar-refractivity contribution in [1.82, 2.24) is 9.78 Å². The van der Waals surface area contributed by atoms with Crippen molar-refractivity contribution < 1.29 is 18.0 Å². The number of rotatable bonds is 2. The molecule has 72 valence electrons. The third-order valence-corrected chi connectivity index (χ3v) is 1.51. The number of hydrogen-bond donors (Lipinski definition) is 0. The molecule has 0 radical (unpaired) electrons. The van der Waals surface area contributed by atoms with E-state index in [1.807, 2.05) is 0 Å². The Morgan fingerprint density at radius 1 is 1.62 bits per heavy atom. The Hall–Kier alpha value is -1.33. The Morgan fingerprint density at radius 3 is 2.69 bits per heavy atom. The van der Waals surface area contributed by atoms with Crippen LogP contribution in [0.4, 0.5) is 13.2 Å². The van der Waals surface area contributed by atoms with Crippen molar-refractivity contribution in [2.45, 2.75) is 19.6 Å². The normalized spacial score (nSPS) is 11.7. The van der Waals surface area contributed by atoms with Gasteiger partial charge >= 0.3 is 6.18 Å². The minimum Gasteiger partial charge on any atom is -0.282 e. The van der Waals surface area contributed by atoms with E-state index in [1.165, 1.54) is 6.20 Å². The fourth-order valence-electron chi connectivity index (χ4n) is 0.923. The summed E-state index contributed by atoms with van der Waals surface area (Å²) < 4.78 is 36.8. The first-order valence-corrected chi connectivity index (χ1v) is 3.60. The molecule has 0 N–H and O–H groups in total. The highest BCUT2D eigenvalue weighted by Gasteiger charge is 2.40. The molecule has 6 heteroatoms. The van der Waals surface area contributed by atoms with Gasteiger partial charge in [0.25, 0.3) is 5.78 Å². The van der Waals surface area contributed by atoms with E-state index in [-0.39, 0.29) is 6.54 Å². The summed E-state index contributed by atoms with van der Waals surface area (Å²) in [7, 11) is 0. The summed E-state index contributed by atoms with van der Waals surface area (Å²) in [4.78, 5) is 10.7. The Bertz CT molecular complexity index is 316. The Labute approximate surface area is 72.2 Å². The minimum absolute atomic E-state index is 0.240. The molecule has 1 aromatic rings. The van der Waals surface area contributed by atoms with Gasteiger partial charge in [-0.1, -0.05) is 0 Å². The molecular weight excluding hydrogens is 185 g/mol. The maximum absolute atomic E-state index is 11.9. The minimum atomic E-state index is -4.83. The number of hydrogen-bond acceptors (Lipinski definition) is 2. The molecule has 13 heavy (non-hydrogen) atoms. The maximum Gasteiger partial charge on any atom is 0.456 e. The topological polar surface area (TPSA) is 34.9 Å². The second-order valence-corrected chi connectivity index (χ2v) is 2.36. The molecule has 0 saturated heterocycles. The van der Waals surface area contributed by atoms with Crippen LogP contribution in [0.5, 0.6) is 0 Å². The zero-order valence-electron chi connectivity index (χ0n) is 6.80. The van der Waals surface area contributed by atoms with Gasteiger partial charge in [-0.3, -0.25) is 9.48 Å². The number of halogens is 3. The zero-order valence-corrected chi connectivity index (χ0v) is 6.80. The SMILES string of the molecule is CCn1nccc1C(=O)C(F)(F)F. The molecule has 0 spiro atoms. The molecule has 1 heterocycles. The lowest BCUT2D eigenvalue weighted by molar-refractivity contribution is -0.0891. The number of alkyl halides is 3. The van der Waals surface area contributed by atoms with Gasteiger partial charge in [0, 0.05) is 12.7 Å². The average molecular weight is 192 g/mol. The third-order valence-electron chi connectivity index (χ3n) is 1.51. The van der Waals surface area contributed by atoms with Gasteiger partial charge in [-0.15, -0.1) is 0 Å². The van der Waals surface area contributed by atoms with E-state index in [4.69, 9.17) is 0 Å². The van der Waals surface area contributed by atoms with Crippen LogP contribution in [0.15, 0.2) is 12.3 Å². The number of ketones is 1. The third kappa shape index (κ3) is 1.88. The second kappa shape index (κ2) is 3.20. The fourth-order valence-corrected chi connectivity index (χ4v) is 0.923. The molecule has 3 nitrogen and oxygen atoms in total. The van der Waals surface area contributed by atoms with Crippen molar-refractivity contribution in [2.75, 3.05) is 0 Å². The van der Waals surface area contributed by atoms with Crippen LogP contribution in [0.2, 0.25) is 0 Å². The summed E-state index contributed by atoms with van der Waals surface area (Å²) in [6, 6.07) is 1.05. The van der Waals surface area contributed by atoms with Crippen LogP contribution in [-0.2, 0) is 6.54 Å². The summed E-state index contributed by atoms with van der Waals surface area (Å²) >= 11 is 0. The number of aryl methyl sites for hydroxylation is 1. The summed E-state index contributed by atoms with van der Waals surface area (Å²) in [5, 5.41) is 3.57. The fraction of sp³-hybridized carbons (Fsp3) is 0.429. The van der Waals surface area contributed by atoms with Gasteiger partial charge in [0.2, 0.25) is 0 Å². The predicted octanol–water partition coefficient (Wildman–Crippen LogP) is 1.65. The van der Waals surface area contributed by atoms with Crippen LogP contribution in [0.3, 0.4) is 0 Å². The molecule has 0 bridgehead atoms. The predicted molar refractivity (Wildman–Crippen MR) is 38.3 cm³/mol. The van der Waals surface area contributed by atoms with Crippen molar-refractivity contribution in [3.05, 3.63) is 18.0 Å². The average Bonchev–Trinajstić information content (AvgIpc) is 2.48. The summed E-state index contributed by atoms with van der Waals surface area (Å²) in [5.74, 6) is -1.85. The Morgan fingerprint density at radius 2 is 2.23 bits per heavy atom. The van der Waals surface area contributed by atoms with E-state index in [9.17, 15) is 18.0 Å². The highest BCUT2D eigenvalue weighted by Crippen LogP contribution is 2.20. The molecule has 0 fully saturated rings. The van der Waals surface area contributed by atoms with E-state index in [0.717, 1.165) is 10.7 Å². The molecule has 1 rings (SSSR count). The number of carbonyl (C=O) groups excluding carboxylic acids is 1. The van der Waals surface area contributed by atoms with Crippen LogP contribution >= 0.6 is 0 Å². The lowest BCUT2D eigenvalue weighted by Crippen LogP contribution is -2.25. The van der Waals surface area contributed by atoms with Gasteiger partial charge in [-0.25, -0.2) is 0 Å². The van der Waals surface area contributed by atoms with E-state index in [2.05, 4.69) is 5.10 Å². The highest BCUT2D eigenvalue weighted by molar-refractivity contribution is 5.98. The largest absolute Gasteiger partial charge is 0.456 e. The van der Waals surface area contributed by atoms with Gasteiger partial charge < -0.3 is 0 Å². The van der Waals surface area contributed by atoms with E-state index in [0.29, 0.717) is 0 Å². The van der Waals surface area contributed by atoms with Crippen LogP contribution in [0.1, 0.15) is 17.4 Å². The first kappa shape index (κ1) is 9.76. The van der Waals surface area contributed by atoms with Gasteiger partial charge in [0.15, 0.2) is 0 Å². The molecule has 0 aliphatic carbocycles. The van der Waals surface area contributed by atoms with Gasteiger partial charge in [0.05, 0.1) is 0 Å². The Kier molecular flexibility index (Phi) is 2.40. The summed E-state index contributed by atoms with van der Waals surface area (Å²) in [6.45, 7) is 1.85. The van der Waals surface area contributed by atoms with Crippen molar-refractivity contribution in [2.24, 2.45) is 0 Å². The molecule has 0 aliphatic heterocycles. The van der Waals surface area contributed by atoms with E-state index < -0.39 is 17.7 Å². The zero-order chi connectivity index (χ0) is 10.1.